The molecule has 0 unspecified atom stereocenters. The van der Waals surface area contributed by atoms with Crippen molar-refractivity contribution in [3.05, 3.63) is 86.0 Å². The largest absolute Gasteiger partial charge is 0.404 e. The molecule has 3 aromatic rings. The molecule has 0 spiro atoms. The molecule has 0 radical (unpaired) electrons. The van der Waals surface area contributed by atoms with Crippen LogP contribution in [-0.4, -0.2) is 27.2 Å². The maximum atomic E-state index is 13.0. The van der Waals surface area contributed by atoms with Crippen LogP contribution in [0, 0.1) is 10.1 Å². The lowest BCUT2D eigenvalue weighted by Gasteiger charge is -2.17. The van der Waals surface area contributed by atoms with Gasteiger partial charge >= 0.3 is 5.82 Å². The van der Waals surface area contributed by atoms with Crippen LogP contribution in [0.4, 0.5) is 11.5 Å². The zero-order chi connectivity index (χ0) is 19.0. The average molecular weight is 427 g/mol. The number of halogens is 1. The first-order chi connectivity index (χ1) is 13.0. The number of hydrogen-bond donors (Lipinski definition) is 0. The van der Waals surface area contributed by atoms with Gasteiger partial charge in [-0.3, -0.25) is 4.79 Å². The highest BCUT2D eigenvalue weighted by Crippen LogP contribution is 2.29. The summed E-state index contributed by atoms with van der Waals surface area (Å²) < 4.78 is 1.81. The third-order valence-corrected chi connectivity index (χ3v) is 5.08. The third-order valence-electron chi connectivity index (χ3n) is 4.52. The Balaban J connectivity index is 1.57. The van der Waals surface area contributed by atoms with Crippen LogP contribution in [0.25, 0.3) is 0 Å². The number of nitrogens with zero attached hydrogens (tertiary/aromatic N) is 4. The van der Waals surface area contributed by atoms with Crippen molar-refractivity contribution in [3.8, 4) is 0 Å². The van der Waals surface area contributed by atoms with Crippen LogP contribution < -0.4 is 4.90 Å². The maximum absolute atomic E-state index is 13.0. The molecule has 7 nitrogen and oxygen atoms in total. The molecule has 1 aliphatic rings. The Morgan fingerprint density at radius 1 is 1.22 bits per heavy atom. The summed E-state index contributed by atoms with van der Waals surface area (Å²) >= 11 is 3.14. The molecule has 2 aromatic carbocycles. The fourth-order valence-corrected chi connectivity index (χ4v) is 3.75. The topological polar surface area (TPSA) is 81.3 Å². The number of carbonyl (C=O) groups excluding carboxylic acids is 1. The number of carbonyl (C=O) groups is 1. The molecule has 1 aromatic heterocycles. The van der Waals surface area contributed by atoms with E-state index in [4.69, 9.17) is 0 Å². The number of fused-ring (bicyclic) bond motifs is 1. The lowest BCUT2D eigenvalue weighted by atomic mass is 10.1. The third kappa shape index (κ3) is 3.35. The van der Waals surface area contributed by atoms with Gasteiger partial charge in [0.15, 0.2) is 0 Å². The number of benzene rings is 2. The monoisotopic (exact) mass is 426 g/mol. The van der Waals surface area contributed by atoms with Gasteiger partial charge in [0.1, 0.15) is 4.47 Å². The van der Waals surface area contributed by atoms with Crippen LogP contribution >= 0.6 is 15.9 Å². The van der Waals surface area contributed by atoms with Crippen LogP contribution in [0.15, 0.2) is 59.2 Å². The van der Waals surface area contributed by atoms with Gasteiger partial charge < -0.3 is 15.0 Å². The Bertz CT molecular complexity index is 1050. The molecule has 0 atom stereocenters. The normalized spacial score (nSPS) is 12.9. The molecule has 0 bridgehead atoms. The summed E-state index contributed by atoms with van der Waals surface area (Å²) in [5.74, 6) is -0.273. The zero-order valence-corrected chi connectivity index (χ0v) is 15.8. The van der Waals surface area contributed by atoms with Crippen molar-refractivity contribution < 1.29 is 9.72 Å². The lowest BCUT2D eigenvalue weighted by Crippen LogP contribution is -2.28. The smallest absolute Gasteiger partial charge is 0.358 e. The van der Waals surface area contributed by atoms with Crippen LogP contribution in [0.3, 0.4) is 0 Å². The Morgan fingerprint density at radius 3 is 2.81 bits per heavy atom. The van der Waals surface area contributed by atoms with Gasteiger partial charge in [-0.05, 0) is 56.6 Å². The van der Waals surface area contributed by atoms with E-state index in [1.54, 1.807) is 17.2 Å². The highest BCUT2D eigenvalue weighted by Gasteiger charge is 2.25. The van der Waals surface area contributed by atoms with E-state index < -0.39 is 4.92 Å². The predicted molar refractivity (Wildman–Crippen MR) is 104 cm³/mol. The van der Waals surface area contributed by atoms with E-state index in [1.165, 1.54) is 10.2 Å². The van der Waals surface area contributed by atoms with Crippen molar-refractivity contribution in [2.45, 2.75) is 13.0 Å². The molecule has 0 saturated carbocycles. The van der Waals surface area contributed by atoms with Crippen LogP contribution in [0.1, 0.15) is 21.5 Å². The second-order valence-electron chi connectivity index (χ2n) is 6.29. The summed E-state index contributed by atoms with van der Waals surface area (Å²) in [6.45, 7) is 1.00. The van der Waals surface area contributed by atoms with E-state index in [1.807, 2.05) is 42.5 Å². The summed E-state index contributed by atoms with van der Waals surface area (Å²) in [5, 5.41) is 14.9. The molecule has 27 heavy (non-hydrogen) atoms. The van der Waals surface area contributed by atoms with Crippen LogP contribution in [-0.2, 0) is 13.0 Å². The first-order valence-electron chi connectivity index (χ1n) is 8.39. The van der Waals surface area contributed by atoms with E-state index in [0.717, 1.165) is 17.7 Å². The van der Waals surface area contributed by atoms with E-state index in [-0.39, 0.29) is 11.7 Å². The summed E-state index contributed by atoms with van der Waals surface area (Å²) in [6, 6.07) is 15.2. The molecular weight excluding hydrogens is 412 g/mol. The van der Waals surface area contributed by atoms with Crippen LogP contribution in [0.5, 0.6) is 0 Å². The van der Waals surface area contributed by atoms with Gasteiger partial charge in [-0.1, -0.05) is 30.3 Å². The second-order valence-corrected chi connectivity index (χ2v) is 7.15. The molecule has 0 saturated heterocycles. The van der Waals surface area contributed by atoms with E-state index in [9.17, 15) is 14.9 Å². The van der Waals surface area contributed by atoms with Gasteiger partial charge in [0, 0.05) is 17.8 Å². The fraction of sp³-hybridized carbons (Fsp3) is 0.158. The number of amides is 1. The number of hydrogen-bond acceptors (Lipinski definition) is 4. The number of aromatic nitrogens is 2. The molecule has 1 amide bonds. The molecule has 0 aliphatic carbocycles. The molecule has 4 rings (SSSR count). The Labute approximate surface area is 163 Å². The number of rotatable bonds is 4. The van der Waals surface area contributed by atoms with Gasteiger partial charge in [0.2, 0.25) is 0 Å². The standard InChI is InChI=1S/C19H15BrN4O3/c20-16-12-22(21-18(16)24(26)27)11-13-4-3-6-15(10-13)19(25)23-9-8-14-5-1-2-7-17(14)23/h1-7,10,12H,8-9,11H2. The van der Waals surface area contributed by atoms with Crippen molar-refractivity contribution in [1.82, 2.24) is 9.78 Å². The highest BCUT2D eigenvalue weighted by atomic mass is 79.9. The van der Waals surface area contributed by atoms with E-state index in [0.29, 0.717) is 23.1 Å². The predicted octanol–water partition coefficient (Wildman–Crippen LogP) is 3.81. The Morgan fingerprint density at radius 2 is 2.04 bits per heavy atom. The summed E-state index contributed by atoms with van der Waals surface area (Å²) in [6.07, 6.45) is 2.41. The van der Waals surface area contributed by atoms with E-state index in [2.05, 4.69) is 21.0 Å². The fourth-order valence-electron chi connectivity index (χ4n) is 3.29. The minimum absolute atomic E-state index is 0.0468. The minimum Gasteiger partial charge on any atom is -0.358 e. The molecule has 0 N–H and O–H groups in total. The van der Waals surface area contributed by atoms with Crippen molar-refractivity contribution in [3.63, 3.8) is 0 Å². The first-order valence-corrected chi connectivity index (χ1v) is 9.18. The second kappa shape index (κ2) is 6.96. The summed E-state index contributed by atoms with van der Waals surface area (Å²) in [5.41, 5.74) is 3.57. The summed E-state index contributed by atoms with van der Waals surface area (Å²) in [7, 11) is 0. The van der Waals surface area contributed by atoms with Crippen molar-refractivity contribution in [1.29, 1.82) is 0 Å². The maximum Gasteiger partial charge on any atom is 0.404 e. The highest BCUT2D eigenvalue weighted by molar-refractivity contribution is 9.10. The number of anilines is 1. The van der Waals surface area contributed by atoms with Gasteiger partial charge in [-0.25, -0.2) is 0 Å². The average Bonchev–Trinajstić information content (AvgIpc) is 3.25. The first kappa shape index (κ1) is 17.4. The molecule has 0 fully saturated rings. The number of para-hydroxylation sites is 1. The SMILES string of the molecule is O=C(c1cccc(Cn2cc(Br)c([N+](=O)[O-])n2)c1)N1CCc2ccccc21. The Hall–Kier alpha value is -3.00. The molecule has 2 heterocycles. The molecule has 136 valence electrons. The van der Waals surface area contributed by atoms with Crippen molar-refractivity contribution in [2.75, 3.05) is 11.4 Å². The Kier molecular flexibility index (Phi) is 4.49. The van der Waals surface area contributed by atoms with Crippen molar-refractivity contribution in [2.24, 2.45) is 0 Å². The van der Waals surface area contributed by atoms with Gasteiger partial charge in [-0.2, -0.15) is 4.68 Å². The van der Waals surface area contributed by atoms with Crippen molar-refractivity contribution >= 4 is 33.3 Å². The van der Waals surface area contributed by atoms with Gasteiger partial charge in [-0.15, -0.1) is 0 Å². The van der Waals surface area contributed by atoms with E-state index >= 15 is 0 Å². The zero-order valence-electron chi connectivity index (χ0n) is 14.2. The molecule has 8 heteroatoms. The van der Waals surface area contributed by atoms with Gasteiger partial charge in [0.05, 0.1) is 17.8 Å². The molecular formula is C19H15BrN4O3. The lowest BCUT2D eigenvalue weighted by molar-refractivity contribution is -0.390. The molecule has 1 aliphatic heterocycles. The summed E-state index contributed by atoms with van der Waals surface area (Å²) in [4.78, 5) is 25.2. The van der Waals surface area contributed by atoms with Gasteiger partial charge in [0.25, 0.3) is 5.91 Å². The van der Waals surface area contributed by atoms with Crippen LogP contribution in [0.2, 0.25) is 0 Å². The minimum atomic E-state index is -0.536. The number of nitro groups is 1. The quantitative estimate of drug-likeness (QED) is 0.469.